The minimum atomic E-state index is -0.318. The van der Waals surface area contributed by atoms with E-state index in [1.165, 1.54) is 14.2 Å². The molecule has 0 radical (unpaired) electrons. The van der Waals surface area contributed by atoms with E-state index in [4.69, 9.17) is 21.1 Å². The quantitative estimate of drug-likeness (QED) is 0.798. The van der Waals surface area contributed by atoms with Crippen LogP contribution in [0.4, 0.5) is 0 Å². The van der Waals surface area contributed by atoms with Gasteiger partial charge in [0.25, 0.3) is 0 Å². The molecule has 18 heavy (non-hydrogen) atoms. The highest BCUT2D eigenvalue weighted by atomic mass is 35.5. The van der Waals surface area contributed by atoms with Gasteiger partial charge >= 0.3 is 5.97 Å². The first kappa shape index (κ1) is 14.6. The Balaban J connectivity index is 2.72. The van der Waals surface area contributed by atoms with Gasteiger partial charge in [-0.25, -0.2) is 0 Å². The van der Waals surface area contributed by atoms with Crippen molar-refractivity contribution in [3.05, 3.63) is 22.7 Å². The highest BCUT2D eigenvalue weighted by Gasteiger charge is 2.10. The number of carbonyl (C=O) groups excluding carboxylic acids is 1. The van der Waals surface area contributed by atoms with Crippen molar-refractivity contribution in [3.8, 4) is 11.5 Å². The van der Waals surface area contributed by atoms with Gasteiger partial charge in [-0.15, -0.1) is 0 Å². The van der Waals surface area contributed by atoms with Crippen LogP contribution in [-0.2, 0) is 16.1 Å². The largest absolute Gasteiger partial charge is 0.493 e. The van der Waals surface area contributed by atoms with Crippen molar-refractivity contribution < 1.29 is 19.0 Å². The summed E-state index contributed by atoms with van der Waals surface area (Å²) in [6.07, 6.45) is 0. The molecule has 0 spiro atoms. The topological polar surface area (TPSA) is 56.8 Å². The van der Waals surface area contributed by atoms with E-state index < -0.39 is 0 Å². The summed E-state index contributed by atoms with van der Waals surface area (Å²) in [4.78, 5) is 10.9. The van der Waals surface area contributed by atoms with E-state index in [1.807, 2.05) is 0 Å². The predicted molar refractivity (Wildman–Crippen MR) is 68.3 cm³/mol. The van der Waals surface area contributed by atoms with Crippen LogP contribution in [0.1, 0.15) is 5.56 Å². The van der Waals surface area contributed by atoms with Crippen LogP contribution in [0.3, 0.4) is 0 Å². The van der Waals surface area contributed by atoms with Crippen molar-refractivity contribution in [2.45, 2.75) is 6.54 Å². The summed E-state index contributed by atoms with van der Waals surface area (Å²) >= 11 is 6.06. The molecule has 0 aliphatic carbocycles. The maximum atomic E-state index is 10.9. The first-order chi connectivity index (χ1) is 8.62. The Morgan fingerprint density at radius 3 is 2.56 bits per heavy atom. The highest BCUT2D eigenvalue weighted by molar-refractivity contribution is 6.32. The summed E-state index contributed by atoms with van der Waals surface area (Å²) in [5.74, 6) is 0.734. The van der Waals surface area contributed by atoms with Crippen LogP contribution in [0, 0.1) is 0 Å². The molecule has 0 aliphatic heterocycles. The number of carbonyl (C=O) groups is 1. The fourth-order valence-corrected chi connectivity index (χ4v) is 1.76. The lowest BCUT2D eigenvalue weighted by atomic mass is 10.2. The fourth-order valence-electron chi connectivity index (χ4n) is 1.45. The molecule has 0 unspecified atom stereocenters. The van der Waals surface area contributed by atoms with E-state index in [-0.39, 0.29) is 12.5 Å². The maximum Gasteiger partial charge on any atom is 0.319 e. The molecule has 0 heterocycles. The van der Waals surface area contributed by atoms with E-state index in [0.29, 0.717) is 23.1 Å². The Morgan fingerprint density at radius 1 is 1.28 bits per heavy atom. The van der Waals surface area contributed by atoms with Gasteiger partial charge in [0.05, 0.1) is 32.9 Å². The van der Waals surface area contributed by atoms with Gasteiger partial charge in [0.1, 0.15) is 0 Å². The maximum absolute atomic E-state index is 10.9. The standard InChI is InChI=1S/C12H16ClNO4/c1-16-10-5-8(4-9(13)12(10)18-3)6-14-7-11(15)17-2/h4-5,14H,6-7H2,1-3H3. The van der Waals surface area contributed by atoms with Crippen molar-refractivity contribution in [1.29, 1.82) is 0 Å². The number of hydrogen-bond donors (Lipinski definition) is 1. The van der Waals surface area contributed by atoms with Crippen LogP contribution in [-0.4, -0.2) is 33.8 Å². The van der Waals surface area contributed by atoms with Crippen LogP contribution in [0.25, 0.3) is 0 Å². The molecule has 0 bridgehead atoms. The highest BCUT2D eigenvalue weighted by Crippen LogP contribution is 2.35. The SMILES string of the molecule is COC(=O)CNCc1cc(Cl)c(OC)c(OC)c1. The lowest BCUT2D eigenvalue weighted by molar-refractivity contribution is -0.139. The number of hydrogen-bond acceptors (Lipinski definition) is 5. The van der Waals surface area contributed by atoms with Crippen LogP contribution in [0.2, 0.25) is 5.02 Å². The predicted octanol–water partition coefficient (Wildman–Crippen LogP) is 1.62. The number of halogens is 1. The third kappa shape index (κ3) is 3.78. The van der Waals surface area contributed by atoms with Gasteiger partial charge in [-0.3, -0.25) is 4.79 Å². The van der Waals surface area contributed by atoms with Gasteiger partial charge in [0, 0.05) is 6.54 Å². The number of esters is 1. The molecule has 6 heteroatoms. The minimum Gasteiger partial charge on any atom is -0.493 e. The number of methoxy groups -OCH3 is 3. The molecule has 1 aromatic carbocycles. The molecule has 0 saturated carbocycles. The van der Waals surface area contributed by atoms with Gasteiger partial charge in [0.2, 0.25) is 0 Å². The molecular weight excluding hydrogens is 258 g/mol. The second-order valence-corrected chi connectivity index (χ2v) is 3.90. The first-order valence-corrected chi connectivity index (χ1v) is 5.68. The molecule has 5 nitrogen and oxygen atoms in total. The van der Waals surface area contributed by atoms with Crippen LogP contribution >= 0.6 is 11.6 Å². The Morgan fingerprint density at radius 2 is 2.00 bits per heavy atom. The zero-order chi connectivity index (χ0) is 13.5. The second kappa shape index (κ2) is 7.08. The van der Waals surface area contributed by atoms with Gasteiger partial charge < -0.3 is 19.5 Å². The van der Waals surface area contributed by atoms with E-state index in [2.05, 4.69) is 10.1 Å². The minimum absolute atomic E-state index is 0.141. The number of benzene rings is 1. The van der Waals surface area contributed by atoms with Crippen LogP contribution in [0.15, 0.2) is 12.1 Å². The van der Waals surface area contributed by atoms with Gasteiger partial charge in [-0.2, -0.15) is 0 Å². The van der Waals surface area contributed by atoms with Crippen molar-refractivity contribution in [2.75, 3.05) is 27.9 Å². The number of nitrogens with one attached hydrogen (secondary N) is 1. The van der Waals surface area contributed by atoms with Gasteiger partial charge in [-0.05, 0) is 17.7 Å². The van der Waals surface area contributed by atoms with E-state index in [1.54, 1.807) is 19.2 Å². The molecule has 0 aromatic heterocycles. The number of rotatable bonds is 6. The molecular formula is C12H16ClNO4. The zero-order valence-electron chi connectivity index (χ0n) is 10.6. The zero-order valence-corrected chi connectivity index (χ0v) is 11.3. The van der Waals surface area contributed by atoms with E-state index in [9.17, 15) is 4.79 Å². The van der Waals surface area contributed by atoms with Crippen molar-refractivity contribution >= 4 is 17.6 Å². The summed E-state index contributed by atoms with van der Waals surface area (Å²) in [5.41, 5.74) is 0.890. The second-order valence-electron chi connectivity index (χ2n) is 3.49. The van der Waals surface area contributed by atoms with Crippen molar-refractivity contribution in [3.63, 3.8) is 0 Å². The number of ether oxygens (including phenoxy) is 3. The molecule has 1 N–H and O–H groups in total. The Bertz CT molecular complexity index is 423. The van der Waals surface area contributed by atoms with E-state index in [0.717, 1.165) is 5.56 Å². The lowest BCUT2D eigenvalue weighted by Gasteiger charge is -2.12. The molecule has 0 saturated heterocycles. The van der Waals surface area contributed by atoms with Crippen molar-refractivity contribution in [2.24, 2.45) is 0 Å². The normalized spacial score (nSPS) is 10.0. The molecule has 100 valence electrons. The Kier molecular flexibility index (Phi) is 5.74. The summed E-state index contributed by atoms with van der Waals surface area (Å²) in [6.45, 7) is 0.623. The summed E-state index contributed by atoms with van der Waals surface area (Å²) in [5, 5.41) is 3.40. The molecule has 0 fully saturated rings. The lowest BCUT2D eigenvalue weighted by Crippen LogP contribution is -2.23. The molecule has 1 aromatic rings. The smallest absolute Gasteiger partial charge is 0.319 e. The van der Waals surface area contributed by atoms with Gasteiger partial charge in [-0.1, -0.05) is 11.6 Å². The monoisotopic (exact) mass is 273 g/mol. The first-order valence-electron chi connectivity index (χ1n) is 5.30. The Labute approximate surface area is 111 Å². The van der Waals surface area contributed by atoms with Crippen LogP contribution in [0.5, 0.6) is 11.5 Å². The summed E-state index contributed by atoms with van der Waals surface area (Å²) in [6, 6.07) is 3.56. The molecule has 1 rings (SSSR count). The third-order valence-electron chi connectivity index (χ3n) is 2.32. The Hall–Kier alpha value is -1.46. The summed E-state index contributed by atoms with van der Waals surface area (Å²) in [7, 11) is 4.41. The van der Waals surface area contributed by atoms with Crippen LogP contribution < -0.4 is 14.8 Å². The molecule has 0 aliphatic rings. The molecule has 0 amide bonds. The molecule has 0 atom stereocenters. The average molecular weight is 274 g/mol. The van der Waals surface area contributed by atoms with Crippen molar-refractivity contribution in [1.82, 2.24) is 5.32 Å². The summed E-state index contributed by atoms with van der Waals surface area (Å²) < 4.78 is 14.8. The van der Waals surface area contributed by atoms with E-state index >= 15 is 0 Å². The fraction of sp³-hybridized carbons (Fsp3) is 0.417. The van der Waals surface area contributed by atoms with Gasteiger partial charge in [0.15, 0.2) is 11.5 Å². The third-order valence-corrected chi connectivity index (χ3v) is 2.60. The average Bonchev–Trinajstić information content (AvgIpc) is 2.37.